The van der Waals surface area contributed by atoms with Crippen molar-refractivity contribution >= 4 is 11.9 Å². The first-order valence-electron chi connectivity index (χ1n) is 4.75. The van der Waals surface area contributed by atoms with Gasteiger partial charge in [-0.1, -0.05) is 0 Å². The molecule has 1 N–H and O–H groups in total. The molecule has 3 unspecified atom stereocenters. The van der Waals surface area contributed by atoms with Crippen LogP contribution in [0.3, 0.4) is 0 Å². The number of carbonyl (C=O) groups is 2. The fourth-order valence-corrected chi connectivity index (χ4v) is 2.45. The number of carbonyl (C=O) groups excluding carboxylic acids is 1. The van der Waals surface area contributed by atoms with E-state index in [4.69, 9.17) is 5.11 Å². The standard InChI is InChI=1S/C9H11F2NO3/c1-4(13)12-3-2-5(8(14)15)6-7(12)9(6,10)11/h5-7H,2-3H2,1H3,(H,14,15). The van der Waals surface area contributed by atoms with Gasteiger partial charge in [-0.05, 0) is 6.42 Å². The van der Waals surface area contributed by atoms with Crippen LogP contribution in [0.25, 0.3) is 0 Å². The molecule has 2 fully saturated rings. The maximum absolute atomic E-state index is 13.3. The minimum atomic E-state index is -3.02. The van der Waals surface area contributed by atoms with Crippen LogP contribution in [-0.2, 0) is 9.59 Å². The number of hydrogen-bond acceptors (Lipinski definition) is 2. The average Bonchev–Trinajstić information content (AvgIpc) is 2.69. The van der Waals surface area contributed by atoms with Gasteiger partial charge in [0.2, 0.25) is 5.91 Å². The van der Waals surface area contributed by atoms with Crippen molar-refractivity contribution in [3.05, 3.63) is 0 Å². The van der Waals surface area contributed by atoms with Crippen LogP contribution < -0.4 is 0 Å². The van der Waals surface area contributed by atoms with Crippen molar-refractivity contribution in [1.29, 1.82) is 0 Å². The van der Waals surface area contributed by atoms with Gasteiger partial charge in [-0.2, -0.15) is 0 Å². The van der Waals surface area contributed by atoms with Gasteiger partial charge < -0.3 is 10.0 Å². The molecule has 0 aromatic carbocycles. The molecule has 2 rings (SSSR count). The number of fused-ring (bicyclic) bond motifs is 1. The summed E-state index contributed by atoms with van der Waals surface area (Å²) in [6, 6.07) is -1.19. The van der Waals surface area contributed by atoms with Gasteiger partial charge in [0.25, 0.3) is 5.92 Å². The first-order chi connectivity index (χ1) is 6.87. The second kappa shape index (κ2) is 2.90. The fraction of sp³-hybridized carbons (Fsp3) is 0.778. The quantitative estimate of drug-likeness (QED) is 0.701. The molecular weight excluding hydrogens is 208 g/mol. The van der Waals surface area contributed by atoms with E-state index >= 15 is 0 Å². The highest BCUT2D eigenvalue weighted by molar-refractivity contribution is 5.77. The van der Waals surface area contributed by atoms with Gasteiger partial charge in [0.05, 0.1) is 11.8 Å². The van der Waals surface area contributed by atoms with Crippen LogP contribution in [0.15, 0.2) is 0 Å². The van der Waals surface area contributed by atoms with Crippen LogP contribution >= 0.6 is 0 Å². The lowest BCUT2D eigenvalue weighted by atomic mass is 9.96. The largest absolute Gasteiger partial charge is 0.481 e. The smallest absolute Gasteiger partial charge is 0.307 e. The second-order valence-corrected chi connectivity index (χ2v) is 4.09. The van der Waals surface area contributed by atoms with Crippen LogP contribution in [-0.4, -0.2) is 40.4 Å². The first kappa shape index (κ1) is 10.3. The van der Waals surface area contributed by atoms with E-state index < -0.39 is 35.7 Å². The molecule has 0 radical (unpaired) electrons. The molecule has 84 valence electrons. The zero-order valence-electron chi connectivity index (χ0n) is 8.11. The molecule has 1 aliphatic carbocycles. The number of hydrogen-bond donors (Lipinski definition) is 1. The van der Waals surface area contributed by atoms with Gasteiger partial charge in [-0.3, -0.25) is 9.59 Å². The molecule has 1 saturated heterocycles. The SMILES string of the molecule is CC(=O)N1CCC(C(=O)O)C2C1C2(F)F. The molecule has 6 heteroatoms. The number of rotatable bonds is 1. The van der Waals surface area contributed by atoms with Gasteiger partial charge in [0.15, 0.2) is 0 Å². The Bertz CT molecular complexity index is 301. The molecule has 1 aliphatic heterocycles. The third kappa shape index (κ3) is 1.31. The fourth-order valence-electron chi connectivity index (χ4n) is 2.45. The Hall–Kier alpha value is -1.20. The van der Waals surface area contributed by atoms with Crippen LogP contribution in [0, 0.1) is 11.8 Å². The Kier molecular flexibility index (Phi) is 1.99. The minimum Gasteiger partial charge on any atom is -0.481 e. The molecule has 0 spiro atoms. The summed E-state index contributed by atoms with van der Waals surface area (Å²) in [4.78, 5) is 22.9. The Morgan fingerprint density at radius 1 is 1.47 bits per heavy atom. The number of halogens is 2. The van der Waals surface area contributed by atoms with Crippen molar-refractivity contribution in [3.8, 4) is 0 Å². The van der Waals surface area contributed by atoms with Crippen molar-refractivity contribution in [2.75, 3.05) is 6.54 Å². The topological polar surface area (TPSA) is 57.6 Å². The van der Waals surface area contributed by atoms with Crippen LogP contribution in [0.5, 0.6) is 0 Å². The number of carboxylic acids is 1. The van der Waals surface area contributed by atoms with Gasteiger partial charge in [0, 0.05) is 13.5 Å². The molecule has 3 atom stereocenters. The van der Waals surface area contributed by atoms with Crippen LogP contribution in [0.4, 0.5) is 8.78 Å². The lowest BCUT2D eigenvalue weighted by molar-refractivity contribution is -0.146. The summed E-state index contributed by atoms with van der Waals surface area (Å²) in [5, 5.41) is 8.76. The molecule has 1 amide bonds. The van der Waals surface area contributed by atoms with Crippen molar-refractivity contribution in [1.82, 2.24) is 4.90 Å². The zero-order chi connectivity index (χ0) is 11.4. The number of amides is 1. The first-order valence-corrected chi connectivity index (χ1v) is 4.75. The Morgan fingerprint density at radius 3 is 2.53 bits per heavy atom. The van der Waals surface area contributed by atoms with E-state index in [2.05, 4.69) is 0 Å². The number of nitrogens with zero attached hydrogens (tertiary/aromatic N) is 1. The lowest BCUT2D eigenvalue weighted by Gasteiger charge is -2.27. The van der Waals surface area contributed by atoms with Crippen molar-refractivity contribution in [3.63, 3.8) is 0 Å². The van der Waals surface area contributed by atoms with E-state index in [1.165, 1.54) is 6.92 Å². The van der Waals surface area contributed by atoms with Crippen molar-refractivity contribution in [2.24, 2.45) is 11.8 Å². The average molecular weight is 219 g/mol. The molecule has 2 aliphatic rings. The molecule has 0 bridgehead atoms. The molecule has 1 heterocycles. The van der Waals surface area contributed by atoms with Gasteiger partial charge in [0.1, 0.15) is 6.04 Å². The molecule has 1 saturated carbocycles. The third-order valence-electron chi connectivity index (χ3n) is 3.24. The maximum atomic E-state index is 13.3. The Labute approximate surface area is 84.9 Å². The highest BCUT2D eigenvalue weighted by atomic mass is 19.3. The Morgan fingerprint density at radius 2 is 2.07 bits per heavy atom. The van der Waals surface area contributed by atoms with E-state index in [0.29, 0.717) is 0 Å². The highest BCUT2D eigenvalue weighted by Crippen LogP contribution is 2.59. The molecule has 4 nitrogen and oxygen atoms in total. The predicted octanol–water partition coefficient (Wildman–Crippen LogP) is 0.573. The molecule has 0 aromatic heterocycles. The minimum absolute atomic E-state index is 0.114. The lowest BCUT2D eigenvalue weighted by Crippen LogP contribution is -2.40. The van der Waals surface area contributed by atoms with E-state index in [0.717, 1.165) is 4.90 Å². The number of likely N-dealkylation sites (tertiary alicyclic amines) is 1. The predicted molar refractivity (Wildman–Crippen MR) is 45.4 cm³/mol. The van der Waals surface area contributed by atoms with Crippen molar-refractivity contribution in [2.45, 2.75) is 25.3 Å². The van der Waals surface area contributed by atoms with E-state index in [-0.39, 0.29) is 13.0 Å². The third-order valence-corrected chi connectivity index (χ3v) is 3.24. The molecule has 15 heavy (non-hydrogen) atoms. The summed E-state index contributed by atoms with van der Waals surface area (Å²) in [5.41, 5.74) is 0. The summed E-state index contributed by atoms with van der Waals surface area (Å²) in [7, 11) is 0. The summed E-state index contributed by atoms with van der Waals surface area (Å²) in [5.74, 6) is -6.82. The zero-order valence-corrected chi connectivity index (χ0v) is 8.11. The summed E-state index contributed by atoms with van der Waals surface area (Å²) in [6.07, 6.45) is 0.117. The van der Waals surface area contributed by atoms with Crippen LogP contribution in [0.1, 0.15) is 13.3 Å². The molecule has 0 aromatic rings. The van der Waals surface area contributed by atoms with Gasteiger partial charge in [-0.25, -0.2) is 8.78 Å². The number of aliphatic carboxylic acids is 1. The Balaban J connectivity index is 2.21. The summed E-state index contributed by atoms with van der Waals surface area (Å²) < 4.78 is 26.5. The molecular formula is C9H11F2NO3. The van der Waals surface area contributed by atoms with E-state index in [1.807, 2.05) is 0 Å². The van der Waals surface area contributed by atoms with E-state index in [9.17, 15) is 18.4 Å². The van der Waals surface area contributed by atoms with Gasteiger partial charge in [-0.15, -0.1) is 0 Å². The normalized spacial score (nSPS) is 37.0. The highest BCUT2D eigenvalue weighted by Gasteiger charge is 2.76. The van der Waals surface area contributed by atoms with Gasteiger partial charge >= 0.3 is 5.97 Å². The monoisotopic (exact) mass is 219 g/mol. The second-order valence-electron chi connectivity index (χ2n) is 4.09. The van der Waals surface area contributed by atoms with Crippen molar-refractivity contribution < 1.29 is 23.5 Å². The number of alkyl halides is 2. The number of piperidine rings is 1. The maximum Gasteiger partial charge on any atom is 0.307 e. The number of carboxylic acid groups (broad SMARTS) is 1. The summed E-state index contributed by atoms with van der Waals surface area (Å²) in [6.45, 7) is 1.34. The van der Waals surface area contributed by atoms with Crippen LogP contribution in [0.2, 0.25) is 0 Å². The van der Waals surface area contributed by atoms with E-state index in [1.54, 1.807) is 0 Å². The summed E-state index contributed by atoms with van der Waals surface area (Å²) >= 11 is 0.